The molecule has 1 amide bonds. The number of carbonyl (C=O) groups is 1. The highest BCUT2D eigenvalue weighted by atomic mass is 35.5. The van der Waals surface area contributed by atoms with Crippen molar-refractivity contribution in [1.82, 2.24) is 10.3 Å². The molecule has 1 N–H and O–H groups in total. The standard InChI is InChI=1S/C15H15ClN2O/c1-11(13-8-5-9-17-10-13)18-15(19)14(16)12-6-3-2-4-7-12/h2-11,14H,1H3,(H,18,19)/t11-,14?/m1/s1. The number of rotatable bonds is 4. The maximum Gasteiger partial charge on any atom is 0.243 e. The van der Waals surface area contributed by atoms with Crippen molar-refractivity contribution in [1.29, 1.82) is 0 Å². The number of carbonyl (C=O) groups excluding carboxylic acids is 1. The summed E-state index contributed by atoms with van der Waals surface area (Å²) in [7, 11) is 0. The summed E-state index contributed by atoms with van der Waals surface area (Å²) < 4.78 is 0. The van der Waals surface area contributed by atoms with Crippen LogP contribution in [0.2, 0.25) is 0 Å². The molecule has 4 heteroatoms. The molecule has 98 valence electrons. The average molecular weight is 275 g/mol. The number of hydrogen-bond acceptors (Lipinski definition) is 2. The molecule has 1 aromatic heterocycles. The summed E-state index contributed by atoms with van der Waals surface area (Å²) in [5.74, 6) is -0.204. The number of alkyl halides is 1. The van der Waals surface area contributed by atoms with E-state index in [9.17, 15) is 4.79 Å². The summed E-state index contributed by atoms with van der Waals surface area (Å²) in [5.41, 5.74) is 1.74. The molecule has 0 bridgehead atoms. The molecule has 2 aromatic rings. The highest BCUT2D eigenvalue weighted by Gasteiger charge is 2.19. The first-order valence-electron chi connectivity index (χ1n) is 6.08. The van der Waals surface area contributed by atoms with Crippen LogP contribution < -0.4 is 5.32 Å². The second-order valence-corrected chi connectivity index (χ2v) is 4.73. The Morgan fingerprint density at radius 1 is 1.16 bits per heavy atom. The van der Waals surface area contributed by atoms with Gasteiger partial charge < -0.3 is 5.32 Å². The number of pyridine rings is 1. The van der Waals surface area contributed by atoms with Crippen LogP contribution in [0, 0.1) is 0 Å². The molecule has 0 spiro atoms. The number of aromatic nitrogens is 1. The first-order chi connectivity index (χ1) is 9.18. The van der Waals surface area contributed by atoms with Crippen molar-refractivity contribution < 1.29 is 4.79 Å². The fourth-order valence-corrected chi connectivity index (χ4v) is 1.98. The SMILES string of the molecule is C[C@@H](NC(=O)C(Cl)c1ccccc1)c1cccnc1. The van der Waals surface area contributed by atoms with Gasteiger partial charge in [-0.3, -0.25) is 9.78 Å². The summed E-state index contributed by atoms with van der Waals surface area (Å²) in [4.78, 5) is 16.1. The van der Waals surface area contributed by atoms with Gasteiger partial charge in [-0.1, -0.05) is 36.4 Å². The van der Waals surface area contributed by atoms with Crippen molar-refractivity contribution in [2.75, 3.05) is 0 Å². The lowest BCUT2D eigenvalue weighted by molar-refractivity contribution is -0.121. The van der Waals surface area contributed by atoms with E-state index in [1.165, 1.54) is 0 Å². The maximum atomic E-state index is 12.1. The molecular weight excluding hydrogens is 260 g/mol. The van der Waals surface area contributed by atoms with Gasteiger partial charge in [-0.05, 0) is 24.1 Å². The van der Waals surface area contributed by atoms with E-state index in [1.54, 1.807) is 12.4 Å². The van der Waals surface area contributed by atoms with E-state index in [2.05, 4.69) is 10.3 Å². The fourth-order valence-electron chi connectivity index (χ4n) is 1.78. The maximum absolute atomic E-state index is 12.1. The largest absolute Gasteiger partial charge is 0.348 e. The first-order valence-corrected chi connectivity index (χ1v) is 6.51. The second kappa shape index (κ2) is 6.34. The molecule has 1 aromatic carbocycles. The molecule has 19 heavy (non-hydrogen) atoms. The van der Waals surface area contributed by atoms with Crippen LogP contribution in [0.1, 0.15) is 29.5 Å². The molecular formula is C15H15ClN2O. The fraction of sp³-hybridized carbons (Fsp3) is 0.200. The van der Waals surface area contributed by atoms with Gasteiger partial charge in [0, 0.05) is 12.4 Å². The van der Waals surface area contributed by atoms with Crippen LogP contribution in [0.25, 0.3) is 0 Å². The summed E-state index contributed by atoms with van der Waals surface area (Å²) in [6.07, 6.45) is 3.43. The van der Waals surface area contributed by atoms with Gasteiger partial charge >= 0.3 is 0 Å². The molecule has 0 aliphatic carbocycles. The zero-order chi connectivity index (χ0) is 13.7. The predicted octanol–water partition coefficient (Wildman–Crippen LogP) is 3.24. The Kier molecular flexibility index (Phi) is 4.53. The number of nitrogens with zero attached hydrogens (tertiary/aromatic N) is 1. The normalized spacial score (nSPS) is 13.6. The van der Waals surface area contributed by atoms with Crippen LogP contribution in [0.15, 0.2) is 54.9 Å². The minimum atomic E-state index is -0.680. The van der Waals surface area contributed by atoms with Crippen LogP contribution in [0.5, 0.6) is 0 Å². The van der Waals surface area contributed by atoms with Crippen LogP contribution in [-0.2, 0) is 4.79 Å². The van der Waals surface area contributed by atoms with Gasteiger partial charge in [-0.15, -0.1) is 11.6 Å². The summed E-state index contributed by atoms with van der Waals surface area (Å²) in [5, 5.41) is 2.20. The van der Waals surface area contributed by atoms with Gasteiger partial charge in [0.2, 0.25) is 5.91 Å². The molecule has 0 saturated heterocycles. The Balaban J connectivity index is 2.02. The molecule has 0 fully saturated rings. The number of hydrogen-bond donors (Lipinski definition) is 1. The molecule has 0 aliphatic heterocycles. The van der Waals surface area contributed by atoms with E-state index in [0.717, 1.165) is 11.1 Å². The lowest BCUT2D eigenvalue weighted by Gasteiger charge is -2.16. The zero-order valence-electron chi connectivity index (χ0n) is 10.6. The average Bonchev–Trinajstić information content (AvgIpc) is 2.48. The van der Waals surface area contributed by atoms with E-state index in [4.69, 9.17) is 11.6 Å². The molecule has 1 heterocycles. The van der Waals surface area contributed by atoms with E-state index < -0.39 is 5.38 Å². The van der Waals surface area contributed by atoms with Crippen LogP contribution >= 0.6 is 11.6 Å². The molecule has 0 saturated carbocycles. The van der Waals surface area contributed by atoms with Crippen LogP contribution in [0.3, 0.4) is 0 Å². The lowest BCUT2D eigenvalue weighted by atomic mass is 10.1. The third-order valence-corrected chi connectivity index (χ3v) is 3.32. The molecule has 1 unspecified atom stereocenters. The van der Waals surface area contributed by atoms with Crippen molar-refractivity contribution in [2.45, 2.75) is 18.3 Å². The molecule has 0 radical (unpaired) electrons. The highest BCUT2D eigenvalue weighted by Crippen LogP contribution is 2.21. The molecule has 3 nitrogen and oxygen atoms in total. The van der Waals surface area contributed by atoms with Gasteiger partial charge in [0.1, 0.15) is 5.38 Å². The Morgan fingerprint density at radius 2 is 1.84 bits per heavy atom. The number of amides is 1. The smallest absolute Gasteiger partial charge is 0.243 e. The quantitative estimate of drug-likeness (QED) is 0.870. The Hall–Kier alpha value is -1.87. The highest BCUT2D eigenvalue weighted by molar-refractivity contribution is 6.30. The van der Waals surface area contributed by atoms with Gasteiger partial charge in [0.05, 0.1) is 6.04 Å². The van der Waals surface area contributed by atoms with Crippen LogP contribution in [-0.4, -0.2) is 10.9 Å². The Labute approximate surface area is 117 Å². The third kappa shape index (κ3) is 3.55. The lowest BCUT2D eigenvalue weighted by Crippen LogP contribution is -2.29. The number of halogens is 1. The van der Waals surface area contributed by atoms with E-state index >= 15 is 0 Å². The van der Waals surface area contributed by atoms with Crippen molar-refractivity contribution in [3.63, 3.8) is 0 Å². The van der Waals surface area contributed by atoms with Crippen molar-refractivity contribution in [2.24, 2.45) is 0 Å². The van der Waals surface area contributed by atoms with E-state index in [-0.39, 0.29) is 11.9 Å². The van der Waals surface area contributed by atoms with Gasteiger partial charge in [-0.25, -0.2) is 0 Å². The minimum Gasteiger partial charge on any atom is -0.348 e. The summed E-state index contributed by atoms with van der Waals surface area (Å²) in [6.45, 7) is 1.91. The predicted molar refractivity (Wildman–Crippen MR) is 75.8 cm³/mol. The first kappa shape index (κ1) is 13.6. The third-order valence-electron chi connectivity index (χ3n) is 2.87. The molecule has 2 rings (SSSR count). The van der Waals surface area contributed by atoms with Crippen molar-refractivity contribution in [3.05, 3.63) is 66.0 Å². The summed E-state index contributed by atoms with van der Waals surface area (Å²) in [6, 6.07) is 12.9. The van der Waals surface area contributed by atoms with Gasteiger partial charge in [-0.2, -0.15) is 0 Å². The molecule has 0 aliphatic rings. The van der Waals surface area contributed by atoms with E-state index in [0.29, 0.717) is 0 Å². The summed E-state index contributed by atoms with van der Waals surface area (Å²) >= 11 is 6.16. The minimum absolute atomic E-state index is 0.119. The topological polar surface area (TPSA) is 42.0 Å². The Bertz CT molecular complexity index is 530. The molecule has 2 atom stereocenters. The van der Waals surface area contributed by atoms with Crippen molar-refractivity contribution in [3.8, 4) is 0 Å². The van der Waals surface area contributed by atoms with Crippen LogP contribution in [0.4, 0.5) is 0 Å². The Morgan fingerprint density at radius 3 is 2.47 bits per heavy atom. The monoisotopic (exact) mass is 274 g/mol. The van der Waals surface area contributed by atoms with Gasteiger partial charge in [0.15, 0.2) is 0 Å². The second-order valence-electron chi connectivity index (χ2n) is 4.29. The zero-order valence-corrected chi connectivity index (χ0v) is 11.3. The number of nitrogens with one attached hydrogen (secondary N) is 1. The van der Waals surface area contributed by atoms with Gasteiger partial charge in [0.25, 0.3) is 0 Å². The number of benzene rings is 1. The van der Waals surface area contributed by atoms with Crippen molar-refractivity contribution >= 4 is 17.5 Å². The van der Waals surface area contributed by atoms with E-state index in [1.807, 2.05) is 49.4 Å².